The highest BCUT2D eigenvalue weighted by molar-refractivity contribution is 5.80. The number of nitrogens with zero attached hydrogens (tertiary/aromatic N) is 1. The largest absolute Gasteiger partial charge is 0.210 e. The van der Waals surface area contributed by atoms with E-state index < -0.39 is 0 Å². The van der Waals surface area contributed by atoms with Crippen LogP contribution in [0.5, 0.6) is 0 Å². The lowest BCUT2D eigenvalue weighted by Gasteiger charge is -2.04. The Morgan fingerprint density at radius 2 is 1.47 bits per heavy atom. The van der Waals surface area contributed by atoms with Gasteiger partial charge in [0.25, 0.3) is 0 Å². The summed E-state index contributed by atoms with van der Waals surface area (Å²) in [5.41, 5.74) is 2.58. The molecule has 1 nitrogen and oxygen atoms in total. The molecule has 0 atom stereocenters. The van der Waals surface area contributed by atoms with E-state index in [9.17, 15) is 0 Å². The fourth-order valence-corrected chi connectivity index (χ4v) is 2.33. The third kappa shape index (κ3) is 2.37. The van der Waals surface area contributed by atoms with Crippen LogP contribution < -0.4 is 4.57 Å². The van der Waals surface area contributed by atoms with Gasteiger partial charge in [-0.2, -0.15) is 4.57 Å². The molecule has 0 saturated carbocycles. The van der Waals surface area contributed by atoms with Gasteiger partial charge in [0.15, 0.2) is 12.4 Å². The van der Waals surface area contributed by atoms with Crippen LogP contribution in [0.25, 0.3) is 16.5 Å². The molecule has 1 aromatic heterocycles. The molecule has 0 amide bonds. The van der Waals surface area contributed by atoms with Gasteiger partial charge in [-0.25, -0.2) is 0 Å². The van der Waals surface area contributed by atoms with E-state index in [1.165, 1.54) is 22.0 Å². The number of pyridine rings is 1. The molecule has 1 heterocycles. The van der Waals surface area contributed by atoms with E-state index in [-0.39, 0.29) is 0 Å². The minimum Gasteiger partial charge on any atom is -0.167 e. The Kier molecular flexibility index (Phi) is 3.04. The van der Waals surface area contributed by atoms with Crippen molar-refractivity contribution in [2.75, 3.05) is 0 Å². The van der Waals surface area contributed by atoms with Crippen molar-refractivity contribution in [2.24, 2.45) is 0 Å². The van der Waals surface area contributed by atoms with E-state index >= 15 is 0 Å². The number of fused-ring (bicyclic) bond motifs is 1. The third-order valence-electron chi connectivity index (χ3n) is 3.55. The Morgan fingerprint density at radius 3 is 2.16 bits per heavy atom. The van der Waals surface area contributed by atoms with Crippen molar-refractivity contribution in [3.63, 3.8) is 0 Å². The molecule has 0 unspecified atom stereocenters. The molecule has 0 saturated heterocycles. The lowest BCUT2D eigenvalue weighted by atomic mass is 10.0. The second kappa shape index (κ2) is 4.85. The molecule has 0 N–H and O–H groups in total. The smallest absolute Gasteiger partial charge is 0.167 e. The van der Waals surface area contributed by atoms with Crippen LogP contribution in [0.1, 0.15) is 25.3 Å². The number of hydrogen-bond donors (Lipinski definition) is 0. The normalized spacial score (nSPS) is 11.1. The average molecular weight is 248 g/mol. The molecule has 0 radical (unpaired) electrons. The van der Waals surface area contributed by atoms with Crippen LogP contribution in [0.2, 0.25) is 0 Å². The highest BCUT2D eigenvalue weighted by Gasteiger charge is 2.07. The summed E-state index contributed by atoms with van der Waals surface area (Å²) in [6, 6.07) is 19.4. The lowest BCUT2D eigenvalue weighted by molar-refractivity contribution is -0.594. The van der Waals surface area contributed by atoms with E-state index in [0.717, 1.165) is 0 Å². The first-order chi connectivity index (χ1) is 9.24. The number of rotatable bonds is 2. The Hall–Kier alpha value is -2.15. The van der Waals surface area contributed by atoms with Crippen molar-refractivity contribution >= 4 is 10.8 Å². The third-order valence-corrected chi connectivity index (χ3v) is 3.55. The van der Waals surface area contributed by atoms with E-state index in [1.54, 1.807) is 0 Å². The van der Waals surface area contributed by atoms with Gasteiger partial charge < -0.3 is 0 Å². The maximum atomic E-state index is 2.22. The molecule has 0 aliphatic rings. The second-order valence-corrected chi connectivity index (χ2v) is 5.23. The van der Waals surface area contributed by atoms with E-state index in [4.69, 9.17) is 0 Å². The minimum atomic E-state index is 0.579. The summed E-state index contributed by atoms with van der Waals surface area (Å²) in [5.74, 6) is 0.579. The van der Waals surface area contributed by atoms with Gasteiger partial charge in [0.05, 0.1) is 0 Å². The molecule has 0 spiro atoms. The van der Waals surface area contributed by atoms with Gasteiger partial charge in [-0.3, -0.25) is 0 Å². The van der Waals surface area contributed by atoms with Gasteiger partial charge >= 0.3 is 0 Å². The Balaban J connectivity index is 2.03. The molecule has 0 aliphatic heterocycles. The maximum absolute atomic E-state index is 2.22. The summed E-state index contributed by atoms with van der Waals surface area (Å²) in [7, 11) is 0. The highest BCUT2D eigenvalue weighted by atomic mass is 14.9. The summed E-state index contributed by atoms with van der Waals surface area (Å²) in [6.45, 7) is 4.44. The minimum absolute atomic E-state index is 0.579. The van der Waals surface area contributed by atoms with Crippen LogP contribution in [0.4, 0.5) is 0 Å². The first-order valence-electron chi connectivity index (χ1n) is 6.74. The quantitative estimate of drug-likeness (QED) is 0.597. The van der Waals surface area contributed by atoms with Crippen molar-refractivity contribution in [2.45, 2.75) is 19.8 Å². The summed E-state index contributed by atoms with van der Waals surface area (Å²) in [5, 5.41) is 2.54. The molecule has 3 aromatic rings. The molecule has 19 heavy (non-hydrogen) atoms. The van der Waals surface area contributed by atoms with Crippen LogP contribution in [-0.2, 0) is 0 Å². The second-order valence-electron chi connectivity index (χ2n) is 5.23. The molecular formula is C18H18N+. The molecule has 1 heteroatoms. The Morgan fingerprint density at radius 1 is 0.789 bits per heavy atom. The summed E-state index contributed by atoms with van der Waals surface area (Å²) in [6.07, 6.45) is 4.30. The Bertz CT molecular complexity index is 696. The van der Waals surface area contributed by atoms with Crippen LogP contribution in [0, 0.1) is 0 Å². The summed E-state index contributed by atoms with van der Waals surface area (Å²) >= 11 is 0. The summed E-state index contributed by atoms with van der Waals surface area (Å²) in [4.78, 5) is 0. The van der Waals surface area contributed by atoms with Gasteiger partial charge in [0.2, 0.25) is 5.69 Å². The standard InChI is InChI=1S/C18H18N/c1-14(2)15-7-9-18(10-8-15)19-12-11-16-5-3-4-6-17(16)13-19/h3-14H,1-2H3/q+1. The molecule has 0 bridgehead atoms. The topological polar surface area (TPSA) is 3.88 Å². The van der Waals surface area contributed by atoms with Crippen molar-refractivity contribution in [1.29, 1.82) is 0 Å². The van der Waals surface area contributed by atoms with Gasteiger partial charge in [-0.05, 0) is 22.9 Å². The zero-order valence-corrected chi connectivity index (χ0v) is 11.4. The highest BCUT2D eigenvalue weighted by Crippen LogP contribution is 2.15. The fourth-order valence-electron chi connectivity index (χ4n) is 2.33. The van der Waals surface area contributed by atoms with Crippen molar-refractivity contribution in [1.82, 2.24) is 0 Å². The van der Waals surface area contributed by atoms with E-state index in [0.29, 0.717) is 5.92 Å². The fraction of sp³-hybridized carbons (Fsp3) is 0.167. The van der Waals surface area contributed by atoms with Crippen LogP contribution >= 0.6 is 0 Å². The first kappa shape index (κ1) is 11.9. The predicted octanol–water partition coefficient (Wildman–Crippen LogP) is 4.24. The van der Waals surface area contributed by atoms with Crippen molar-refractivity contribution < 1.29 is 4.57 Å². The van der Waals surface area contributed by atoms with Gasteiger partial charge in [0.1, 0.15) is 0 Å². The van der Waals surface area contributed by atoms with Gasteiger partial charge in [-0.15, -0.1) is 0 Å². The van der Waals surface area contributed by atoms with E-state index in [2.05, 4.69) is 85.4 Å². The van der Waals surface area contributed by atoms with Crippen LogP contribution in [0.15, 0.2) is 67.0 Å². The average Bonchev–Trinajstić information content (AvgIpc) is 2.47. The number of hydrogen-bond acceptors (Lipinski definition) is 0. The van der Waals surface area contributed by atoms with Crippen LogP contribution in [-0.4, -0.2) is 0 Å². The monoisotopic (exact) mass is 248 g/mol. The Labute approximate surface area is 114 Å². The molecule has 0 aliphatic carbocycles. The maximum Gasteiger partial charge on any atom is 0.210 e. The SMILES string of the molecule is CC(C)c1ccc(-[n+]2ccc3ccccc3c2)cc1. The zero-order chi connectivity index (χ0) is 13.2. The zero-order valence-electron chi connectivity index (χ0n) is 11.4. The van der Waals surface area contributed by atoms with E-state index in [1.807, 2.05) is 0 Å². The predicted molar refractivity (Wildman–Crippen MR) is 79.6 cm³/mol. The molecule has 94 valence electrons. The van der Waals surface area contributed by atoms with Crippen LogP contribution in [0.3, 0.4) is 0 Å². The molecular weight excluding hydrogens is 230 g/mol. The first-order valence-corrected chi connectivity index (χ1v) is 6.74. The number of benzene rings is 2. The molecule has 3 rings (SSSR count). The molecule has 0 fully saturated rings. The van der Waals surface area contributed by atoms with Crippen molar-refractivity contribution in [3.05, 3.63) is 72.6 Å². The van der Waals surface area contributed by atoms with Gasteiger partial charge in [0, 0.05) is 23.6 Å². The van der Waals surface area contributed by atoms with Crippen molar-refractivity contribution in [3.8, 4) is 5.69 Å². The molecule has 2 aromatic carbocycles. The van der Waals surface area contributed by atoms with Gasteiger partial charge in [-0.1, -0.05) is 44.2 Å². The number of aromatic nitrogens is 1. The lowest BCUT2D eigenvalue weighted by Crippen LogP contribution is -2.29. The summed E-state index contributed by atoms with van der Waals surface area (Å²) < 4.78 is 2.17.